The van der Waals surface area contributed by atoms with E-state index in [1.54, 1.807) is 21.9 Å². The van der Waals surface area contributed by atoms with Crippen LogP contribution in [-0.4, -0.2) is 50.8 Å². The van der Waals surface area contributed by atoms with E-state index < -0.39 is 16.1 Å². The molecule has 0 spiro atoms. The summed E-state index contributed by atoms with van der Waals surface area (Å²) >= 11 is 0. The summed E-state index contributed by atoms with van der Waals surface area (Å²) < 4.78 is 28.6. The van der Waals surface area contributed by atoms with Crippen molar-refractivity contribution < 1.29 is 18.0 Å². The standard InChI is InChI=1S/C20H29N3O4S/c1-4-18(24)23-12-9-15-13-16(7-8-17(15)23)28(26,27)21-19(14(2)3)20(25)22-10-5-6-11-22/h7-8,13-14,19,21H,4-6,9-12H2,1-3H3. The molecule has 3 rings (SSSR count). The average Bonchev–Trinajstić information content (AvgIpc) is 3.34. The van der Waals surface area contributed by atoms with Gasteiger partial charge in [0.25, 0.3) is 0 Å². The van der Waals surface area contributed by atoms with Crippen LogP contribution in [0.1, 0.15) is 45.6 Å². The zero-order valence-corrected chi connectivity index (χ0v) is 17.6. The molecule has 154 valence electrons. The molecule has 1 aromatic carbocycles. The van der Waals surface area contributed by atoms with Crippen LogP contribution in [0, 0.1) is 5.92 Å². The fourth-order valence-corrected chi connectivity index (χ4v) is 5.22. The number of benzene rings is 1. The highest BCUT2D eigenvalue weighted by Crippen LogP contribution is 2.31. The van der Waals surface area contributed by atoms with Gasteiger partial charge in [-0.15, -0.1) is 0 Å². The topological polar surface area (TPSA) is 86.8 Å². The Morgan fingerprint density at radius 2 is 1.82 bits per heavy atom. The minimum absolute atomic E-state index is 0.0311. The largest absolute Gasteiger partial charge is 0.341 e. The van der Waals surface area contributed by atoms with Gasteiger partial charge >= 0.3 is 0 Å². The van der Waals surface area contributed by atoms with Gasteiger partial charge in [0.2, 0.25) is 21.8 Å². The van der Waals surface area contributed by atoms with Crippen LogP contribution in [0.15, 0.2) is 23.1 Å². The fourth-order valence-electron chi connectivity index (χ4n) is 3.84. The van der Waals surface area contributed by atoms with Gasteiger partial charge in [0, 0.05) is 31.7 Å². The van der Waals surface area contributed by atoms with Crippen LogP contribution in [0.3, 0.4) is 0 Å². The van der Waals surface area contributed by atoms with E-state index in [1.165, 1.54) is 6.07 Å². The van der Waals surface area contributed by atoms with Crippen molar-refractivity contribution in [1.29, 1.82) is 0 Å². The van der Waals surface area contributed by atoms with E-state index in [9.17, 15) is 18.0 Å². The number of anilines is 1. The van der Waals surface area contributed by atoms with Crippen molar-refractivity contribution in [1.82, 2.24) is 9.62 Å². The Morgan fingerprint density at radius 1 is 1.14 bits per heavy atom. The number of carbonyl (C=O) groups excluding carboxylic acids is 2. The summed E-state index contributed by atoms with van der Waals surface area (Å²) in [6, 6.07) is 4.05. The van der Waals surface area contributed by atoms with Gasteiger partial charge in [-0.25, -0.2) is 8.42 Å². The van der Waals surface area contributed by atoms with Gasteiger partial charge in [-0.3, -0.25) is 9.59 Å². The molecule has 28 heavy (non-hydrogen) atoms. The van der Waals surface area contributed by atoms with Gasteiger partial charge in [-0.2, -0.15) is 4.72 Å². The highest BCUT2D eigenvalue weighted by molar-refractivity contribution is 7.89. The summed E-state index contributed by atoms with van der Waals surface area (Å²) in [5.41, 5.74) is 1.62. The number of sulfonamides is 1. The summed E-state index contributed by atoms with van der Waals surface area (Å²) in [5, 5.41) is 0. The number of hydrogen-bond acceptors (Lipinski definition) is 4. The third-order valence-corrected chi connectivity index (χ3v) is 6.93. The lowest BCUT2D eigenvalue weighted by molar-refractivity contribution is -0.132. The van der Waals surface area contributed by atoms with Crippen LogP contribution >= 0.6 is 0 Å². The molecule has 1 unspecified atom stereocenters. The lowest BCUT2D eigenvalue weighted by Crippen LogP contribution is -2.50. The molecule has 0 aliphatic carbocycles. The summed E-state index contributed by atoms with van der Waals surface area (Å²) in [5.74, 6) is -0.282. The molecule has 0 saturated carbocycles. The first kappa shape index (κ1) is 20.8. The van der Waals surface area contributed by atoms with Crippen molar-refractivity contribution in [2.45, 2.75) is 57.4 Å². The van der Waals surface area contributed by atoms with Gasteiger partial charge in [0.05, 0.1) is 4.90 Å². The highest BCUT2D eigenvalue weighted by Gasteiger charge is 2.33. The van der Waals surface area contributed by atoms with Crippen molar-refractivity contribution in [3.05, 3.63) is 23.8 Å². The van der Waals surface area contributed by atoms with Crippen LogP contribution < -0.4 is 9.62 Å². The Kier molecular flexibility index (Phi) is 6.09. The fraction of sp³-hybridized carbons (Fsp3) is 0.600. The van der Waals surface area contributed by atoms with Gasteiger partial charge < -0.3 is 9.80 Å². The molecule has 1 saturated heterocycles. The lowest BCUT2D eigenvalue weighted by Gasteiger charge is -2.26. The molecule has 1 atom stereocenters. The maximum absolute atomic E-state index is 13.0. The number of likely N-dealkylation sites (tertiary alicyclic amines) is 1. The van der Waals surface area contributed by atoms with E-state index in [-0.39, 0.29) is 22.6 Å². The van der Waals surface area contributed by atoms with Crippen LogP contribution in [0.25, 0.3) is 0 Å². The van der Waals surface area contributed by atoms with Crippen LogP contribution in [-0.2, 0) is 26.0 Å². The molecule has 1 aromatic rings. The molecule has 7 nitrogen and oxygen atoms in total. The Morgan fingerprint density at radius 3 is 2.43 bits per heavy atom. The zero-order chi connectivity index (χ0) is 20.5. The van der Waals surface area contributed by atoms with Crippen molar-refractivity contribution in [3.8, 4) is 0 Å². The lowest BCUT2D eigenvalue weighted by atomic mass is 10.0. The normalized spacial score (nSPS) is 17.9. The van der Waals surface area contributed by atoms with E-state index in [0.29, 0.717) is 32.5 Å². The number of nitrogens with one attached hydrogen (secondary N) is 1. The molecular formula is C20H29N3O4S. The predicted octanol–water partition coefficient (Wildman–Crippen LogP) is 1.91. The van der Waals surface area contributed by atoms with E-state index in [1.807, 2.05) is 20.8 Å². The van der Waals surface area contributed by atoms with E-state index in [0.717, 1.165) is 24.1 Å². The Hall–Kier alpha value is -1.93. The maximum Gasteiger partial charge on any atom is 0.241 e. The van der Waals surface area contributed by atoms with Gasteiger partial charge in [-0.05, 0) is 48.9 Å². The first-order valence-electron chi connectivity index (χ1n) is 9.99. The van der Waals surface area contributed by atoms with Gasteiger partial charge in [0.15, 0.2) is 0 Å². The Bertz CT molecular complexity index is 860. The smallest absolute Gasteiger partial charge is 0.241 e. The number of rotatable bonds is 6. The monoisotopic (exact) mass is 407 g/mol. The predicted molar refractivity (Wildman–Crippen MR) is 108 cm³/mol. The second-order valence-electron chi connectivity index (χ2n) is 7.81. The second-order valence-corrected chi connectivity index (χ2v) is 9.53. The first-order valence-corrected chi connectivity index (χ1v) is 11.5. The third kappa shape index (κ3) is 4.07. The number of hydrogen-bond donors (Lipinski definition) is 1. The molecule has 0 aromatic heterocycles. The second kappa shape index (κ2) is 8.21. The van der Waals surface area contributed by atoms with Crippen molar-refractivity contribution in [2.24, 2.45) is 5.92 Å². The van der Waals surface area contributed by atoms with Crippen molar-refractivity contribution in [3.63, 3.8) is 0 Å². The summed E-state index contributed by atoms with van der Waals surface area (Å²) in [6.45, 7) is 7.44. The Balaban J connectivity index is 1.82. The van der Waals surface area contributed by atoms with Crippen LogP contribution in [0.2, 0.25) is 0 Å². The molecular weight excluding hydrogens is 378 g/mol. The number of carbonyl (C=O) groups is 2. The quantitative estimate of drug-likeness (QED) is 0.780. The first-order chi connectivity index (χ1) is 13.2. The number of nitrogens with zero attached hydrogens (tertiary/aromatic N) is 2. The third-order valence-electron chi connectivity index (χ3n) is 5.49. The molecule has 8 heteroatoms. The molecule has 2 heterocycles. The number of amides is 2. The molecule has 1 N–H and O–H groups in total. The molecule has 2 aliphatic rings. The molecule has 1 fully saturated rings. The van der Waals surface area contributed by atoms with Crippen LogP contribution in [0.5, 0.6) is 0 Å². The Labute approximate surface area is 167 Å². The molecule has 0 radical (unpaired) electrons. The maximum atomic E-state index is 13.0. The summed E-state index contributed by atoms with van der Waals surface area (Å²) in [6.07, 6.45) is 2.96. The van der Waals surface area contributed by atoms with Crippen molar-refractivity contribution >= 4 is 27.5 Å². The highest BCUT2D eigenvalue weighted by atomic mass is 32.2. The van der Waals surface area contributed by atoms with Gasteiger partial charge in [0.1, 0.15) is 6.04 Å². The molecule has 2 aliphatic heterocycles. The summed E-state index contributed by atoms with van der Waals surface area (Å²) in [7, 11) is -3.84. The van der Waals surface area contributed by atoms with E-state index >= 15 is 0 Å². The number of fused-ring (bicyclic) bond motifs is 1. The molecule has 0 bridgehead atoms. The van der Waals surface area contributed by atoms with Gasteiger partial charge in [-0.1, -0.05) is 20.8 Å². The minimum atomic E-state index is -3.84. The van der Waals surface area contributed by atoms with Crippen LogP contribution in [0.4, 0.5) is 5.69 Å². The van der Waals surface area contributed by atoms with E-state index in [4.69, 9.17) is 0 Å². The SMILES string of the molecule is CCC(=O)N1CCc2cc(S(=O)(=O)NC(C(=O)N3CCCC3)C(C)C)ccc21. The average molecular weight is 408 g/mol. The van der Waals surface area contributed by atoms with Crippen molar-refractivity contribution in [2.75, 3.05) is 24.5 Å². The molecule has 2 amide bonds. The minimum Gasteiger partial charge on any atom is -0.341 e. The van der Waals surface area contributed by atoms with E-state index in [2.05, 4.69) is 4.72 Å². The summed E-state index contributed by atoms with van der Waals surface area (Å²) in [4.78, 5) is 28.4. The zero-order valence-electron chi connectivity index (χ0n) is 16.8.